The predicted molar refractivity (Wildman–Crippen MR) is 56.3 cm³/mol. The minimum absolute atomic E-state index is 0.543. The molecule has 1 aromatic rings. The molecule has 0 spiro atoms. The Kier molecular flexibility index (Phi) is 3.58. The maximum absolute atomic E-state index is 4.09. The Morgan fingerprint density at radius 1 is 1.25 bits per heavy atom. The molecule has 0 radical (unpaired) electrons. The fourth-order valence-electron chi connectivity index (χ4n) is 0.977. The molecule has 0 aliphatic heterocycles. The summed E-state index contributed by atoms with van der Waals surface area (Å²) in [5, 5.41) is 0. The molecule has 0 heterocycles. The van der Waals surface area contributed by atoms with E-state index in [1.807, 2.05) is 6.07 Å². The van der Waals surface area contributed by atoms with E-state index in [9.17, 15) is 0 Å². The second-order valence-electron chi connectivity index (χ2n) is 2.96. The first kappa shape index (κ1) is 9.57. The second-order valence-corrected chi connectivity index (χ2v) is 6.46. The van der Waals surface area contributed by atoms with Crippen molar-refractivity contribution in [1.29, 1.82) is 0 Å². The molecule has 0 saturated carbocycles. The first-order valence-electron chi connectivity index (χ1n) is 4.11. The van der Waals surface area contributed by atoms with Gasteiger partial charge in [0.1, 0.15) is 0 Å². The molecule has 0 aliphatic carbocycles. The van der Waals surface area contributed by atoms with Gasteiger partial charge >= 0.3 is 80.6 Å². The Morgan fingerprint density at radius 3 is 2.33 bits per heavy atom. The Morgan fingerprint density at radius 2 is 1.83 bits per heavy atom. The third-order valence-electron chi connectivity index (χ3n) is 1.47. The van der Waals surface area contributed by atoms with Gasteiger partial charge in [0.15, 0.2) is 0 Å². The molecule has 64 valence electrons. The Labute approximate surface area is 80.8 Å². The summed E-state index contributed by atoms with van der Waals surface area (Å²) >= 11 is 0.543. The van der Waals surface area contributed by atoms with Gasteiger partial charge in [-0.3, -0.25) is 0 Å². The van der Waals surface area contributed by atoms with Gasteiger partial charge < -0.3 is 0 Å². The van der Waals surface area contributed by atoms with E-state index in [-0.39, 0.29) is 0 Å². The van der Waals surface area contributed by atoms with Crippen LogP contribution in [0.1, 0.15) is 19.4 Å². The Balaban J connectivity index is 2.66. The van der Waals surface area contributed by atoms with Crippen molar-refractivity contribution in [1.82, 2.24) is 0 Å². The van der Waals surface area contributed by atoms with E-state index in [2.05, 4.69) is 44.7 Å². The van der Waals surface area contributed by atoms with Gasteiger partial charge in [0.2, 0.25) is 0 Å². The Bertz CT molecular complexity index is 249. The fraction of sp³-hybridized carbons (Fsp3) is 0.273. The van der Waals surface area contributed by atoms with Crippen LogP contribution >= 0.6 is 0 Å². The van der Waals surface area contributed by atoms with Crippen molar-refractivity contribution in [3.8, 4) is 0 Å². The van der Waals surface area contributed by atoms with Crippen LogP contribution in [0.2, 0.25) is 4.82 Å². The molecule has 0 unspecified atom stereocenters. The average molecular weight is 225 g/mol. The van der Waals surface area contributed by atoms with Gasteiger partial charge in [-0.15, -0.1) is 0 Å². The summed E-state index contributed by atoms with van der Waals surface area (Å²) in [6.45, 7) is 8.58. The van der Waals surface area contributed by atoms with Crippen molar-refractivity contribution in [2.45, 2.75) is 18.7 Å². The molecule has 0 fully saturated rings. The Hall–Kier alpha value is -0.521. The van der Waals surface area contributed by atoms with Crippen molar-refractivity contribution in [3.05, 3.63) is 42.5 Å². The number of benzene rings is 1. The van der Waals surface area contributed by atoms with Crippen molar-refractivity contribution in [2.24, 2.45) is 0 Å². The quantitative estimate of drug-likeness (QED) is 0.693. The van der Waals surface area contributed by atoms with Crippen molar-refractivity contribution >= 4 is 19.4 Å². The zero-order chi connectivity index (χ0) is 8.97. The summed E-state index contributed by atoms with van der Waals surface area (Å²) in [5.41, 5.74) is 1.30. The van der Waals surface area contributed by atoms with Gasteiger partial charge in [0.25, 0.3) is 0 Å². The van der Waals surface area contributed by atoms with E-state index in [1.54, 1.807) is 0 Å². The van der Waals surface area contributed by atoms with Gasteiger partial charge in [-0.05, 0) is 0 Å². The van der Waals surface area contributed by atoms with Crippen LogP contribution in [0.3, 0.4) is 0 Å². The van der Waals surface area contributed by atoms with Crippen LogP contribution < -0.4 is 0 Å². The molecule has 1 aromatic carbocycles. The zero-order valence-electron chi connectivity index (χ0n) is 7.58. The van der Waals surface area contributed by atoms with E-state index in [0.717, 1.165) is 4.82 Å². The van der Waals surface area contributed by atoms with Gasteiger partial charge in [-0.25, -0.2) is 0 Å². The standard InChI is InChI=1S/C11H14Se/c1-9(2)12-10(3)11-7-5-4-6-8-11/h4-9H,3H2,1-2H3. The van der Waals surface area contributed by atoms with Crippen LogP contribution in [0.15, 0.2) is 36.9 Å². The van der Waals surface area contributed by atoms with Crippen molar-refractivity contribution in [3.63, 3.8) is 0 Å². The van der Waals surface area contributed by atoms with E-state index >= 15 is 0 Å². The average Bonchev–Trinajstić information content (AvgIpc) is 2.05. The molecule has 0 N–H and O–H groups in total. The van der Waals surface area contributed by atoms with E-state index < -0.39 is 0 Å². The predicted octanol–water partition coefficient (Wildman–Crippen LogP) is 3.19. The molecule has 12 heavy (non-hydrogen) atoms. The molecule has 0 bridgehead atoms. The SMILES string of the molecule is C=C([Se]C(C)C)c1ccccc1. The minimum atomic E-state index is 0.543. The topological polar surface area (TPSA) is 0 Å². The molecule has 0 aromatic heterocycles. The molecule has 1 heteroatoms. The normalized spacial score (nSPS) is 10.2. The summed E-state index contributed by atoms with van der Waals surface area (Å²) in [4.78, 5) is 0.755. The fourth-order valence-corrected chi connectivity index (χ4v) is 2.74. The zero-order valence-corrected chi connectivity index (χ0v) is 9.29. The first-order chi connectivity index (χ1) is 5.70. The molecule has 1 rings (SSSR count). The summed E-state index contributed by atoms with van der Waals surface area (Å²) in [6, 6.07) is 10.4. The number of rotatable bonds is 3. The van der Waals surface area contributed by atoms with Crippen LogP contribution in [0.4, 0.5) is 0 Å². The van der Waals surface area contributed by atoms with Crippen LogP contribution in [0.5, 0.6) is 0 Å². The monoisotopic (exact) mass is 226 g/mol. The van der Waals surface area contributed by atoms with Gasteiger partial charge in [0.05, 0.1) is 0 Å². The number of hydrogen-bond donors (Lipinski definition) is 0. The molecule has 0 nitrogen and oxygen atoms in total. The number of hydrogen-bond acceptors (Lipinski definition) is 0. The van der Waals surface area contributed by atoms with E-state index in [0.29, 0.717) is 15.0 Å². The summed E-state index contributed by atoms with van der Waals surface area (Å²) in [5.74, 6) is 0. The third-order valence-corrected chi connectivity index (χ3v) is 3.55. The molecule has 0 saturated heterocycles. The van der Waals surface area contributed by atoms with Crippen LogP contribution in [0, 0.1) is 0 Å². The van der Waals surface area contributed by atoms with Crippen LogP contribution in [-0.2, 0) is 0 Å². The molecule has 0 atom stereocenters. The van der Waals surface area contributed by atoms with Crippen LogP contribution in [-0.4, -0.2) is 15.0 Å². The maximum atomic E-state index is 4.09. The summed E-state index contributed by atoms with van der Waals surface area (Å²) < 4.78 is 1.30. The van der Waals surface area contributed by atoms with Gasteiger partial charge in [-0.1, -0.05) is 0 Å². The van der Waals surface area contributed by atoms with Crippen molar-refractivity contribution < 1.29 is 0 Å². The second kappa shape index (κ2) is 4.49. The first-order valence-corrected chi connectivity index (χ1v) is 5.95. The van der Waals surface area contributed by atoms with Gasteiger partial charge in [0, 0.05) is 0 Å². The molecule has 0 amide bonds. The van der Waals surface area contributed by atoms with Crippen LogP contribution in [0.25, 0.3) is 4.47 Å². The van der Waals surface area contributed by atoms with E-state index in [1.165, 1.54) is 10.0 Å². The van der Waals surface area contributed by atoms with E-state index in [4.69, 9.17) is 0 Å². The van der Waals surface area contributed by atoms with Crippen molar-refractivity contribution in [2.75, 3.05) is 0 Å². The molecular formula is C11H14Se. The molecular weight excluding hydrogens is 211 g/mol. The third kappa shape index (κ3) is 2.84. The summed E-state index contributed by atoms with van der Waals surface area (Å²) in [7, 11) is 0. The summed E-state index contributed by atoms with van der Waals surface area (Å²) in [6.07, 6.45) is 0. The molecule has 0 aliphatic rings. The van der Waals surface area contributed by atoms with Gasteiger partial charge in [-0.2, -0.15) is 0 Å².